The molecule has 0 spiro atoms. The molecule has 0 aromatic carbocycles. The Morgan fingerprint density at radius 3 is 1.44 bits per heavy atom. The van der Waals surface area contributed by atoms with Crippen molar-refractivity contribution in [3.05, 3.63) is 0 Å². The molecule has 164 valence electrons. The van der Waals surface area contributed by atoms with E-state index in [1.165, 1.54) is 0 Å². The fourth-order valence-electron chi connectivity index (χ4n) is 2.96. The van der Waals surface area contributed by atoms with Crippen molar-refractivity contribution in [2.75, 3.05) is 53.4 Å². The molecule has 1 atom stereocenters. The van der Waals surface area contributed by atoms with Crippen molar-refractivity contribution in [2.45, 2.75) is 58.8 Å². The SMILES string of the molecule is COCCOCCOCCOCC(C)C[Si](C)(O[Si](C)(C)C)O[Si](C)(C)C. The van der Waals surface area contributed by atoms with Gasteiger partial charge in [-0.15, -0.1) is 0 Å². The van der Waals surface area contributed by atoms with Crippen LogP contribution in [0.5, 0.6) is 0 Å². The Bertz CT molecular complexity index is 355. The van der Waals surface area contributed by atoms with Crippen LogP contribution in [-0.4, -0.2) is 78.6 Å². The minimum absolute atomic E-state index is 0.409. The zero-order chi connectivity index (χ0) is 21.0. The number of ether oxygens (including phenoxy) is 4. The highest BCUT2D eigenvalue weighted by molar-refractivity contribution is 6.87. The van der Waals surface area contributed by atoms with Gasteiger partial charge in [-0.2, -0.15) is 0 Å². The van der Waals surface area contributed by atoms with Gasteiger partial charge in [-0.05, 0) is 57.8 Å². The largest absolute Gasteiger partial charge is 0.437 e. The lowest BCUT2D eigenvalue weighted by molar-refractivity contribution is -0.0000503. The first-order valence-electron chi connectivity index (χ1n) is 9.99. The maximum Gasteiger partial charge on any atom is 0.314 e. The summed E-state index contributed by atoms with van der Waals surface area (Å²) in [6.07, 6.45) is 0. The van der Waals surface area contributed by atoms with Crippen molar-refractivity contribution in [1.29, 1.82) is 0 Å². The van der Waals surface area contributed by atoms with Gasteiger partial charge in [0, 0.05) is 13.7 Å². The van der Waals surface area contributed by atoms with Crippen molar-refractivity contribution >= 4 is 25.2 Å². The van der Waals surface area contributed by atoms with Crippen LogP contribution in [0.3, 0.4) is 0 Å². The molecule has 0 heterocycles. The molecule has 0 aliphatic heterocycles. The second kappa shape index (κ2) is 13.6. The Labute approximate surface area is 170 Å². The molecule has 0 bridgehead atoms. The summed E-state index contributed by atoms with van der Waals surface area (Å²) in [5.41, 5.74) is 0. The Hall–Kier alpha value is 0.411. The molecule has 0 aromatic rings. The predicted octanol–water partition coefficient (Wildman–Crippen LogP) is 4.09. The summed E-state index contributed by atoms with van der Waals surface area (Å²) in [5.74, 6) is 0.409. The molecule has 0 amide bonds. The second-order valence-corrected chi connectivity index (χ2v) is 21.9. The van der Waals surface area contributed by atoms with E-state index in [9.17, 15) is 0 Å². The van der Waals surface area contributed by atoms with Crippen molar-refractivity contribution in [3.8, 4) is 0 Å². The third-order valence-corrected chi connectivity index (χ3v) is 13.1. The molecule has 0 saturated carbocycles. The van der Waals surface area contributed by atoms with Gasteiger partial charge in [-0.1, -0.05) is 6.92 Å². The van der Waals surface area contributed by atoms with Gasteiger partial charge >= 0.3 is 8.56 Å². The van der Waals surface area contributed by atoms with Gasteiger partial charge in [-0.25, -0.2) is 0 Å². The molecule has 27 heavy (non-hydrogen) atoms. The average molecular weight is 441 g/mol. The first-order valence-corrected chi connectivity index (χ1v) is 19.3. The molecule has 0 fully saturated rings. The molecule has 0 saturated heterocycles. The van der Waals surface area contributed by atoms with Crippen molar-refractivity contribution in [1.82, 2.24) is 0 Å². The zero-order valence-electron chi connectivity index (χ0n) is 19.2. The minimum Gasteiger partial charge on any atom is -0.437 e. The van der Waals surface area contributed by atoms with Crippen LogP contribution in [0.1, 0.15) is 6.92 Å². The lowest BCUT2D eigenvalue weighted by Gasteiger charge is -2.39. The Balaban J connectivity index is 4.08. The summed E-state index contributed by atoms with van der Waals surface area (Å²) in [7, 11) is -3.82. The third-order valence-electron chi connectivity index (χ3n) is 3.34. The number of hydrogen-bond donors (Lipinski definition) is 0. The fraction of sp³-hybridized carbons (Fsp3) is 1.00. The molecular weight excluding hydrogens is 396 g/mol. The number of methoxy groups -OCH3 is 1. The number of rotatable bonds is 17. The van der Waals surface area contributed by atoms with Crippen LogP contribution in [0.4, 0.5) is 0 Å². The van der Waals surface area contributed by atoms with Crippen LogP contribution < -0.4 is 0 Å². The minimum atomic E-state index is -2.20. The van der Waals surface area contributed by atoms with Gasteiger partial charge in [-0.3, -0.25) is 0 Å². The maximum atomic E-state index is 6.56. The summed E-state index contributed by atoms with van der Waals surface area (Å²) >= 11 is 0. The Morgan fingerprint density at radius 2 is 1.04 bits per heavy atom. The monoisotopic (exact) mass is 440 g/mol. The third kappa shape index (κ3) is 18.2. The van der Waals surface area contributed by atoms with Crippen LogP contribution in [0, 0.1) is 5.92 Å². The quantitative estimate of drug-likeness (QED) is 0.251. The van der Waals surface area contributed by atoms with E-state index in [0.29, 0.717) is 52.2 Å². The first kappa shape index (κ1) is 27.4. The molecular formula is C18H44O6Si3. The molecule has 6 nitrogen and oxygen atoms in total. The van der Waals surface area contributed by atoms with Gasteiger partial charge in [0.05, 0.1) is 39.6 Å². The molecule has 0 N–H and O–H groups in total. The van der Waals surface area contributed by atoms with E-state index in [-0.39, 0.29) is 0 Å². The smallest absolute Gasteiger partial charge is 0.314 e. The fourth-order valence-corrected chi connectivity index (χ4v) is 15.9. The summed E-state index contributed by atoms with van der Waals surface area (Å²) in [6, 6.07) is 0.968. The molecule has 0 aliphatic carbocycles. The Morgan fingerprint density at radius 1 is 0.630 bits per heavy atom. The Kier molecular flexibility index (Phi) is 13.8. The summed E-state index contributed by atoms with van der Waals surface area (Å²) < 4.78 is 34.7. The summed E-state index contributed by atoms with van der Waals surface area (Å²) in [5, 5.41) is 0. The van der Waals surface area contributed by atoms with Crippen LogP contribution in [0.15, 0.2) is 0 Å². The van der Waals surface area contributed by atoms with E-state index >= 15 is 0 Å². The van der Waals surface area contributed by atoms with E-state index in [1.54, 1.807) is 7.11 Å². The van der Waals surface area contributed by atoms with Gasteiger partial charge in [0.1, 0.15) is 0 Å². The lowest BCUT2D eigenvalue weighted by Crippen LogP contribution is -2.53. The van der Waals surface area contributed by atoms with E-state index in [0.717, 1.165) is 6.04 Å². The van der Waals surface area contributed by atoms with Crippen LogP contribution >= 0.6 is 0 Å². The number of hydrogen-bond acceptors (Lipinski definition) is 6. The predicted molar refractivity (Wildman–Crippen MR) is 119 cm³/mol. The maximum absolute atomic E-state index is 6.56. The molecule has 0 aliphatic rings. The molecule has 0 radical (unpaired) electrons. The van der Waals surface area contributed by atoms with E-state index in [2.05, 4.69) is 52.8 Å². The van der Waals surface area contributed by atoms with Crippen LogP contribution in [-0.2, 0) is 27.2 Å². The van der Waals surface area contributed by atoms with Gasteiger partial charge < -0.3 is 27.2 Å². The average Bonchev–Trinajstić information content (AvgIpc) is 2.44. The molecule has 0 rings (SSSR count). The molecule has 1 unspecified atom stereocenters. The molecule has 9 heteroatoms. The van der Waals surface area contributed by atoms with E-state index in [4.69, 9.17) is 27.2 Å². The van der Waals surface area contributed by atoms with Crippen molar-refractivity contribution in [3.63, 3.8) is 0 Å². The zero-order valence-corrected chi connectivity index (χ0v) is 22.2. The van der Waals surface area contributed by atoms with Crippen molar-refractivity contribution < 1.29 is 27.2 Å². The summed E-state index contributed by atoms with van der Waals surface area (Å²) in [6.45, 7) is 22.2. The lowest BCUT2D eigenvalue weighted by atomic mass is 10.2. The van der Waals surface area contributed by atoms with Gasteiger partial charge in [0.2, 0.25) is 0 Å². The standard InChI is InChI=1S/C18H44O6Si3/c1-18(16-22-15-14-21-13-12-20-11-10-19-2)17-27(9,23-25(3,4)5)24-26(6,7)8/h18H,10-17H2,1-9H3. The van der Waals surface area contributed by atoms with Crippen molar-refractivity contribution in [2.24, 2.45) is 5.92 Å². The van der Waals surface area contributed by atoms with Gasteiger partial charge in [0.15, 0.2) is 16.6 Å². The normalized spacial score (nSPS) is 14.6. The summed E-state index contributed by atoms with van der Waals surface area (Å²) in [4.78, 5) is 0. The molecule has 0 aromatic heterocycles. The first-order chi connectivity index (χ1) is 12.4. The topological polar surface area (TPSA) is 55.4 Å². The van der Waals surface area contributed by atoms with Gasteiger partial charge in [0.25, 0.3) is 0 Å². The second-order valence-electron chi connectivity index (χ2n) is 9.16. The highest BCUT2D eigenvalue weighted by Gasteiger charge is 2.41. The van der Waals surface area contributed by atoms with E-state index < -0.39 is 25.2 Å². The highest BCUT2D eigenvalue weighted by atomic mass is 28.5. The van der Waals surface area contributed by atoms with E-state index in [1.807, 2.05) is 0 Å². The van der Waals surface area contributed by atoms with Crippen LogP contribution in [0.2, 0.25) is 51.9 Å². The van der Waals surface area contributed by atoms with Crippen LogP contribution in [0.25, 0.3) is 0 Å². The highest BCUT2D eigenvalue weighted by Crippen LogP contribution is 2.27.